The summed E-state index contributed by atoms with van der Waals surface area (Å²) in [7, 11) is 1.90. The van der Waals surface area contributed by atoms with Crippen LogP contribution in [0.3, 0.4) is 0 Å². The molecule has 0 radical (unpaired) electrons. The lowest BCUT2D eigenvalue weighted by Crippen LogP contribution is -2.56. The molecule has 1 rings (SSSR count). The quantitative estimate of drug-likeness (QED) is 0.482. The largest absolute Gasteiger partial charge is 0.395 e. The zero-order chi connectivity index (χ0) is 19.3. The summed E-state index contributed by atoms with van der Waals surface area (Å²) in [6.45, 7) is 9.57. The Kier molecular flexibility index (Phi) is 7.71. The molecule has 7 heteroatoms. The normalized spacial score (nSPS) is 18.9. The molecule has 1 unspecified atom stereocenters. The van der Waals surface area contributed by atoms with Crippen molar-refractivity contribution in [2.24, 2.45) is 11.3 Å². The van der Waals surface area contributed by atoms with Crippen LogP contribution in [0.5, 0.6) is 0 Å². The summed E-state index contributed by atoms with van der Waals surface area (Å²) in [6, 6.07) is 0. The number of aliphatic hydroxyl groups is 1. The lowest BCUT2D eigenvalue weighted by molar-refractivity contribution is -0.136. The van der Waals surface area contributed by atoms with Gasteiger partial charge in [0.15, 0.2) is 0 Å². The van der Waals surface area contributed by atoms with Crippen molar-refractivity contribution in [2.75, 3.05) is 33.3 Å². The average molecular weight is 354 g/mol. The Morgan fingerprint density at radius 1 is 1.32 bits per heavy atom. The number of aliphatic hydroxyl groups excluding tert-OH is 1. The second-order valence-corrected chi connectivity index (χ2v) is 8.23. The summed E-state index contributed by atoms with van der Waals surface area (Å²) in [5.41, 5.74) is -1.47. The number of nitrogens with zero attached hydrogens (tertiary/aromatic N) is 1. The van der Waals surface area contributed by atoms with E-state index in [2.05, 4.69) is 10.6 Å². The highest BCUT2D eigenvalue weighted by atomic mass is 16.3. The number of carbonyl (C=O) groups excluding carboxylic acids is 2. The van der Waals surface area contributed by atoms with E-state index in [9.17, 15) is 14.7 Å². The molecule has 2 amide bonds. The second kappa shape index (κ2) is 8.87. The molecule has 25 heavy (non-hydrogen) atoms. The van der Waals surface area contributed by atoms with Crippen LogP contribution < -0.4 is 10.6 Å². The van der Waals surface area contributed by atoms with Crippen LogP contribution in [0.4, 0.5) is 0 Å². The van der Waals surface area contributed by atoms with Gasteiger partial charge in [-0.2, -0.15) is 0 Å². The number of hydrogen-bond donors (Lipinski definition) is 4. The number of piperidine rings is 1. The number of carbonyl (C=O) groups is 2. The topological polar surface area (TPSA) is 106 Å². The van der Waals surface area contributed by atoms with E-state index in [1.807, 2.05) is 11.9 Å². The lowest BCUT2D eigenvalue weighted by Gasteiger charge is -2.37. The molecule has 1 atom stereocenters. The van der Waals surface area contributed by atoms with Crippen molar-refractivity contribution in [3.8, 4) is 0 Å². The summed E-state index contributed by atoms with van der Waals surface area (Å²) in [5, 5.41) is 23.0. The minimum Gasteiger partial charge on any atom is -0.395 e. The van der Waals surface area contributed by atoms with Gasteiger partial charge in [-0.05, 0) is 52.7 Å². The van der Waals surface area contributed by atoms with Crippen molar-refractivity contribution in [2.45, 2.75) is 52.5 Å². The maximum atomic E-state index is 12.5. The summed E-state index contributed by atoms with van der Waals surface area (Å²) < 4.78 is 0. The molecule has 0 bridgehead atoms. The number of nitrogens with one attached hydrogen (secondary N) is 3. The van der Waals surface area contributed by atoms with Gasteiger partial charge in [-0.3, -0.25) is 19.8 Å². The Labute approximate surface area is 151 Å². The number of amides is 2. The van der Waals surface area contributed by atoms with Crippen LogP contribution in [-0.2, 0) is 9.59 Å². The zero-order valence-electron chi connectivity index (χ0n) is 16.2. The van der Waals surface area contributed by atoms with E-state index in [1.165, 1.54) is 0 Å². The highest BCUT2D eigenvalue weighted by Gasteiger charge is 2.35. The van der Waals surface area contributed by atoms with Crippen LogP contribution in [0.15, 0.2) is 0 Å². The van der Waals surface area contributed by atoms with Crippen molar-refractivity contribution >= 4 is 17.5 Å². The van der Waals surface area contributed by atoms with Gasteiger partial charge in [-0.1, -0.05) is 13.8 Å². The molecular formula is C18H34N4O3. The van der Waals surface area contributed by atoms with E-state index in [1.54, 1.807) is 27.7 Å². The minimum absolute atomic E-state index is 0.111. The third-order valence-corrected chi connectivity index (χ3v) is 5.24. The summed E-state index contributed by atoms with van der Waals surface area (Å²) in [5.74, 6) is -0.365. The third kappa shape index (κ3) is 6.17. The molecule has 0 aliphatic carbocycles. The Hall–Kier alpha value is -1.31. The highest BCUT2D eigenvalue weighted by molar-refractivity contribution is 6.08. The molecule has 7 nitrogen and oxygen atoms in total. The molecule has 1 aliphatic rings. The first-order chi connectivity index (χ1) is 11.5. The molecule has 0 aromatic carbocycles. The Morgan fingerprint density at radius 2 is 1.96 bits per heavy atom. The molecule has 1 fully saturated rings. The number of hydrogen-bond acceptors (Lipinski definition) is 6. The van der Waals surface area contributed by atoms with Gasteiger partial charge in [0, 0.05) is 17.7 Å². The van der Waals surface area contributed by atoms with Crippen LogP contribution in [0.1, 0.15) is 47.0 Å². The maximum absolute atomic E-state index is 12.5. The zero-order valence-corrected chi connectivity index (χ0v) is 16.2. The molecule has 4 N–H and O–H groups in total. The number of rotatable bonds is 8. The molecule has 1 heterocycles. The predicted molar refractivity (Wildman–Crippen MR) is 98.7 cm³/mol. The predicted octanol–water partition coefficient (Wildman–Crippen LogP) is 0.768. The molecule has 1 aliphatic heterocycles. The molecule has 1 saturated heterocycles. The van der Waals surface area contributed by atoms with Crippen molar-refractivity contribution in [1.82, 2.24) is 15.5 Å². The van der Waals surface area contributed by atoms with E-state index >= 15 is 0 Å². The van der Waals surface area contributed by atoms with Crippen LogP contribution in [0.25, 0.3) is 0 Å². The third-order valence-electron chi connectivity index (χ3n) is 5.24. The van der Waals surface area contributed by atoms with Crippen LogP contribution in [-0.4, -0.2) is 66.4 Å². The fourth-order valence-electron chi connectivity index (χ4n) is 2.69. The average Bonchev–Trinajstić information content (AvgIpc) is 2.55. The fourth-order valence-corrected chi connectivity index (χ4v) is 2.69. The van der Waals surface area contributed by atoms with Gasteiger partial charge in [-0.25, -0.2) is 0 Å². The monoisotopic (exact) mass is 354 g/mol. The van der Waals surface area contributed by atoms with Crippen molar-refractivity contribution in [3.63, 3.8) is 0 Å². The summed E-state index contributed by atoms with van der Waals surface area (Å²) in [6.07, 6.45) is 2.10. The first kappa shape index (κ1) is 21.7. The van der Waals surface area contributed by atoms with Gasteiger partial charge in [0.1, 0.15) is 0 Å². The Balaban J connectivity index is 2.58. The Bertz CT molecular complexity index is 497. The molecule has 0 aromatic heterocycles. The minimum atomic E-state index is -0.818. The first-order valence-electron chi connectivity index (χ1n) is 8.95. The standard InChI is InChI=1S/C18H34N4O3/c1-17(2,12-23)14(19)9-15(24)21-16(25)18(3,4)22(5)11-13-7-6-8-20-10-13/h13,19-20,23H,6-12H2,1-5H3,(H,21,24,25). The number of imide groups is 1. The molecule has 0 saturated carbocycles. The van der Waals surface area contributed by atoms with Crippen molar-refractivity contribution < 1.29 is 14.7 Å². The highest BCUT2D eigenvalue weighted by Crippen LogP contribution is 2.19. The van der Waals surface area contributed by atoms with Gasteiger partial charge in [0.25, 0.3) is 0 Å². The molecular weight excluding hydrogens is 320 g/mol. The lowest BCUT2D eigenvalue weighted by atomic mass is 9.86. The van der Waals surface area contributed by atoms with Crippen LogP contribution >= 0.6 is 0 Å². The smallest absolute Gasteiger partial charge is 0.246 e. The van der Waals surface area contributed by atoms with Crippen LogP contribution in [0, 0.1) is 16.7 Å². The van der Waals surface area contributed by atoms with E-state index in [4.69, 9.17) is 5.41 Å². The fraction of sp³-hybridized carbons (Fsp3) is 0.833. The van der Waals surface area contributed by atoms with E-state index in [0.29, 0.717) is 5.92 Å². The van der Waals surface area contributed by atoms with Gasteiger partial charge in [0.05, 0.1) is 18.6 Å². The van der Waals surface area contributed by atoms with Gasteiger partial charge < -0.3 is 15.8 Å². The van der Waals surface area contributed by atoms with Crippen molar-refractivity contribution in [3.05, 3.63) is 0 Å². The van der Waals surface area contributed by atoms with Gasteiger partial charge in [0.2, 0.25) is 11.8 Å². The van der Waals surface area contributed by atoms with Gasteiger partial charge in [-0.15, -0.1) is 0 Å². The summed E-state index contributed by atoms with van der Waals surface area (Å²) in [4.78, 5) is 26.6. The second-order valence-electron chi connectivity index (χ2n) is 8.23. The van der Waals surface area contributed by atoms with E-state index in [0.717, 1.165) is 32.5 Å². The maximum Gasteiger partial charge on any atom is 0.246 e. The van der Waals surface area contributed by atoms with E-state index in [-0.39, 0.29) is 24.6 Å². The number of likely N-dealkylation sites (N-methyl/N-ethyl adjacent to an activating group) is 1. The van der Waals surface area contributed by atoms with Crippen LogP contribution in [0.2, 0.25) is 0 Å². The SMILES string of the molecule is CN(CC1CCCNC1)C(C)(C)C(=O)NC(=O)CC(=N)C(C)(C)CO. The van der Waals surface area contributed by atoms with Gasteiger partial charge >= 0.3 is 0 Å². The Morgan fingerprint density at radius 3 is 2.48 bits per heavy atom. The summed E-state index contributed by atoms with van der Waals surface area (Å²) >= 11 is 0. The van der Waals surface area contributed by atoms with Crippen molar-refractivity contribution in [1.29, 1.82) is 5.41 Å². The van der Waals surface area contributed by atoms with E-state index < -0.39 is 16.9 Å². The molecule has 144 valence electrons. The molecule has 0 aromatic rings. The molecule has 0 spiro atoms. The first-order valence-corrected chi connectivity index (χ1v) is 8.95.